The molecule has 0 atom stereocenters. The second-order valence-corrected chi connectivity index (χ2v) is 7.32. The number of benzene rings is 2. The van der Waals surface area contributed by atoms with Crippen molar-refractivity contribution >= 4 is 38.4 Å². The van der Waals surface area contributed by atoms with Crippen LogP contribution in [0.3, 0.4) is 0 Å². The van der Waals surface area contributed by atoms with Crippen molar-refractivity contribution in [3.8, 4) is 0 Å². The summed E-state index contributed by atoms with van der Waals surface area (Å²) in [6.45, 7) is -0.522. The summed E-state index contributed by atoms with van der Waals surface area (Å²) in [5.41, 5.74) is 0.649. The van der Waals surface area contributed by atoms with Crippen LogP contribution < -0.4 is 4.72 Å². The number of carbonyl (C=O) groups excluding carboxylic acids is 2. The fourth-order valence-corrected chi connectivity index (χ4v) is 2.93. The molecule has 3 aromatic rings. The van der Waals surface area contributed by atoms with Gasteiger partial charge in [-0.05, 0) is 24.3 Å². The minimum absolute atomic E-state index is 0.00957. The number of ketones is 1. The molecule has 0 amide bonds. The van der Waals surface area contributed by atoms with Gasteiger partial charge in [-0.1, -0.05) is 30.3 Å². The van der Waals surface area contributed by atoms with Crippen molar-refractivity contribution in [2.24, 2.45) is 0 Å². The number of nitrogens with one attached hydrogen (secondary N) is 1. The molecule has 134 valence electrons. The highest BCUT2D eigenvalue weighted by Gasteiger charge is 2.18. The number of anilines is 1. The second kappa shape index (κ2) is 7.01. The highest BCUT2D eigenvalue weighted by Crippen LogP contribution is 2.20. The fraction of sp³-hybridized carbons (Fsp3) is 0.111. The third-order valence-electron chi connectivity index (χ3n) is 3.48. The lowest BCUT2D eigenvalue weighted by Crippen LogP contribution is -2.17. The molecular weight excluding hydrogens is 358 g/mol. The van der Waals surface area contributed by atoms with E-state index in [-0.39, 0.29) is 17.0 Å². The van der Waals surface area contributed by atoms with Crippen LogP contribution in [0.25, 0.3) is 11.0 Å². The number of furan rings is 1. The summed E-state index contributed by atoms with van der Waals surface area (Å²) >= 11 is 0. The Balaban J connectivity index is 1.72. The summed E-state index contributed by atoms with van der Waals surface area (Å²) in [5.74, 6) is -1.23. The molecule has 3 rings (SSSR count). The van der Waals surface area contributed by atoms with E-state index in [9.17, 15) is 18.0 Å². The number of ether oxygens (including phenoxy) is 1. The smallest absolute Gasteiger partial charge is 0.340 e. The highest BCUT2D eigenvalue weighted by molar-refractivity contribution is 7.92. The Morgan fingerprint density at radius 2 is 1.77 bits per heavy atom. The van der Waals surface area contributed by atoms with Gasteiger partial charge in [0, 0.05) is 5.39 Å². The minimum Gasteiger partial charge on any atom is -0.453 e. The van der Waals surface area contributed by atoms with Crippen LogP contribution in [0.2, 0.25) is 0 Å². The summed E-state index contributed by atoms with van der Waals surface area (Å²) in [5, 5.41) is 0.768. The van der Waals surface area contributed by atoms with E-state index >= 15 is 0 Å². The van der Waals surface area contributed by atoms with Gasteiger partial charge in [0.2, 0.25) is 15.8 Å². The van der Waals surface area contributed by atoms with Crippen LogP contribution in [-0.4, -0.2) is 33.0 Å². The molecule has 0 unspecified atom stereocenters. The number of esters is 1. The van der Waals surface area contributed by atoms with Gasteiger partial charge in [-0.15, -0.1) is 0 Å². The lowest BCUT2D eigenvalue weighted by atomic mass is 10.2. The molecule has 0 saturated carbocycles. The Labute approximate surface area is 149 Å². The van der Waals surface area contributed by atoms with Crippen molar-refractivity contribution in [1.29, 1.82) is 0 Å². The number of para-hydroxylation sites is 2. The van der Waals surface area contributed by atoms with Crippen LogP contribution >= 0.6 is 0 Å². The molecule has 0 aliphatic carbocycles. The van der Waals surface area contributed by atoms with Gasteiger partial charge in [-0.3, -0.25) is 9.52 Å². The Morgan fingerprint density at radius 3 is 2.50 bits per heavy atom. The topological polar surface area (TPSA) is 103 Å². The monoisotopic (exact) mass is 373 g/mol. The van der Waals surface area contributed by atoms with Crippen molar-refractivity contribution in [2.45, 2.75) is 0 Å². The average Bonchev–Trinajstić information content (AvgIpc) is 3.02. The number of fused-ring (bicyclic) bond motifs is 1. The van der Waals surface area contributed by atoms with Gasteiger partial charge >= 0.3 is 5.97 Å². The van der Waals surface area contributed by atoms with E-state index in [0.717, 1.165) is 11.6 Å². The maximum atomic E-state index is 12.2. The zero-order valence-corrected chi connectivity index (χ0v) is 14.6. The molecule has 0 saturated heterocycles. The first-order valence-corrected chi connectivity index (χ1v) is 9.48. The van der Waals surface area contributed by atoms with Crippen LogP contribution in [0.15, 0.2) is 59.0 Å². The van der Waals surface area contributed by atoms with Gasteiger partial charge < -0.3 is 9.15 Å². The molecule has 0 spiro atoms. The molecule has 1 heterocycles. The van der Waals surface area contributed by atoms with E-state index in [1.54, 1.807) is 36.4 Å². The van der Waals surface area contributed by atoms with Gasteiger partial charge in [-0.2, -0.15) is 0 Å². The first kappa shape index (κ1) is 17.7. The standard InChI is InChI=1S/C18H15NO6S/c1-26(22,23)19-14-8-4-3-7-13(14)18(21)24-11-15(20)17-10-12-6-2-5-9-16(12)25-17/h2-10,19H,11H2,1H3. The van der Waals surface area contributed by atoms with Crippen LogP contribution in [0, 0.1) is 0 Å². The third kappa shape index (κ3) is 4.09. The number of hydrogen-bond acceptors (Lipinski definition) is 6. The van der Waals surface area contributed by atoms with Gasteiger partial charge in [0.1, 0.15) is 5.58 Å². The van der Waals surface area contributed by atoms with Crippen molar-refractivity contribution in [3.63, 3.8) is 0 Å². The van der Waals surface area contributed by atoms with Gasteiger partial charge in [0.25, 0.3) is 0 Å². The molecule has 0 aliphatic rings. The number of hydrogen-bond donors (Lipinski definition) is 1. The summed E-state index contributed by atoms with van der Waals surface area (Å²) in [6.07, 6.45) is 0.972. The lowest BCUT2D eigenvalue weighted by molar-refractivity contribution is 0.0469. The predicted molar refractivity (Wildman–Crippen MR) is 95.7 cm³/mol. The molecule has 0 fully saturated rings. The maximum absolute atomic E-state index is 12.2. The Kier molecular flexibility index (Phi) is 4.77. The van der Waals surface area contributed by atoms with Crippen molar-refractivity contribution in [3.05, 3.63) is 65.9 Å². The molecular formula is C18H15NO6S. The molecule has 7 nitrogen and oxygen atoms in total. The van der Waals surface area contributed by atoms with E-state index in [2.05, 4.69) is 4.72 Å². The molecule has 26 heavy (non-hydrogen) atoms. The fourth-order valence-electron chi connectivity index (χ4n) is 2.35. The zero-order valence-electron chi connectivity index (χ0n) is 13.8. The van der Waals surface area contributed by atoms with Crippen LogP contribution in [-0.2, 0) is 14.8 Å². The van der Waals surface area contributed by atoms with Crippen LogP contribution in [0.1, 0.15) is 20.9 Å². The van der Waals surface area contributed by atoms with E-state index < -0.39 is 28.4 Å². The highest BCUT2D eigenvalue weighted by atomic mass is 32.2. The number of Topliss-reactive ketones (excluding diaryl/α,β-unsaturated/α-hetero) is 1. The van der Waals surface area contributed by atoms with Crippen molar-refractivity contribution in [1.82, 2.24) is 0 Å². The Bertz CT molecular complexity index is 1050. The largest absolute Gasteiger partial charge is 0.453 e. The lowest BCUT2D eigenvalue weighted by Gasteiger charge is -2.09. The predicted octanol–water partition coefficient (Wildman–Crippen LogP) is 2.84. The molecule has 8 heteroatoms. The maximum Gasteiger partial charge on any atom is 0.340 e. The molecule has 2 aromatic carbocycles. The van der Waals surface area contributed by atoms with Gasteiger partial charge in [-0.25, -0.2) is 13.2 Å². The normalized spacial score (nSPS) is 11.3. The Hall–Kier alpha value is -3.13. The second-order valence-electron chi connectivity index (χ2n) is 5.57. The third-order valence-corrected chi connectivity index (χ3v) is 4.07. The average molecular weight is 373 g/mol. The van der Waals surface area contributed by atoms with E-state index in [0.29, 0.717) is 5.58 Å². The zero-order chi connectivity index (χ0) is 18.7. The van der Waals surface area contributed by atoms with Crippen molar-refractivity contribution < 1.29 is 27.2 Å². The SMILES string of the molecule is CS(=O)(=O)Nc1ccccc1C(=O)OCC(=O)c1cc2ccccc2o1. The number of sulfonamides is 1. The molecule has 0 radical (unpaired) electrons. The summed E-state index contributed by atoms with van der Waals surface area (Å²) in [4.78, 5) is 24.4. The van der Waals surface area contributed by atoms with Crippen LogP contribution in [0.4, 0.5) is 5.69 Å². The summed E-state index contributed by atoms with van der Waals surface area (Å²) in [6, 6.07) is 14.7. The number of carbonyl (C=O) groups is 2. The van der Waals surface area contributed by atoms with E-state index in [1.807, 2.05) is 6.07 Å². The molecule has 1 aromatic heterocycles. The molecule has 0 aliphatic heterocycles. The molecule has 0 bridgehead atoms. The first-order valence-electron chi connectivity index (χ1n) is 7.59. The van der Waals surface area contributed by atoms with E-state index in [4.69, 9.17) is 9.15 Å². The quantitative estimate of drug-likeness (QED) is 0.526. The Morgan fingerprint density at radius 1 is 1.08 bits per heavy atom. The van der Waals surface area contributed by atoms with Gasteiger partial charge in [0.05, 0.1) is 17.5 Å². The summed E-state index contributed by atoms with van der Waals surface area (Å²) < 4.78 is 35.4. The van der Waals surface area contributed by atoms with E-state index in [1.165, 1.54) is 12.1 Å². The van der Waals surface area contributed by atoms with Crippen molar-refractivity contribution in [2.75, 3.05) is 17.6 Å². The minimum atomic E-state index is -3.56. The van der Waals surface area contributed by atoms with Crippen LogP contribution in [0.5, 0.6) is 0 Å². The molecule has 1 N–H and O–H groups in total. The first-order chi connectivity index (χ1) is 12.3. The number of rotatable bonds is 6. The van der Waals surface area contributed by atoms with Gasteiger partial charge in [0.15, 0.2) is 12.4 Å². The summed E-state index contributed by atoms with van der Waals surface area (Å²) in [7, 11) is -3.56.